The van der Waals surface area contributed by atoms with Gasteiger partial charge < -0.3 is 62.4 Å². The van der Waals surface area contributed by atoms with Crippen LogP contribution in [0, 0.1) is 5.41 Å². The van der Waals surface area contributed by atoms with Crippen LogP contribution in [0.5, 0.6) is 5.75 Å². The zero-order valence-electron chi connectivity index (χ0n) is 45.4. The van der Waals surface area contributed by atoms with E-state index in [9.17, 15) is 28.8 Å². The van der Waals surface area contributed by atoms with Crippen molar-refractivity contribution in [3.05, 3.63) is 118 Å². The highest BCUT2D eigenvalue weighted by atomic mass is 127. The fraction of sp³-hybridized carbons (Fsp3) is 0.407. The number of carbonyl (C=O) groups excluding carboxylic acids is 6. The minimum absolute atomic E-state index is 0. The van der Waals surface area contributed by atoms with Gasteiger partial charge in [0.2, 0.25) is 5.60 Å². The van der Waals surface area contributed by atoms with Gasteiger partial charge in [0.05, 0.1) is 18.0 Å². The molecule has 2 aliphatic heterocycles. The topological polar surface area (TPSA) is 255 Å². The Bertz CT molecular complexity index is 3150. The molecule has 4 amide bonds. The van der Waals surface area contributed by atoms with Crippen LogP contribution in [-0.4, -0.2) is 109 Å². The van der Waals surface area contributed by atoms with Crippen molar-refractivity contribution in [2.24, 2.45) is 5.16 Å². The van der Waals surface area contributed by atoms with Crippen molar-refractivity contribution in [3.63, 3.8) is 0 Å². The van der Waals surface area contributed by atoms with Gasteiger partial charge in [-0.25, -0.2) is 28.7 Å². The van der Waals surface area contributed by atoms with Gasteiger partial charge in [-0.2, -0.15) is 0 Å². The number of nitrogens with zero attached hydrogens (tertiary/aromatic N) is 5. The number of amidine groups is 1. The molecule has 0 spiro atoms. The molecular weight excluding hydrogens is 1160 g/mol. The van der Waals surface area contributed by atoms with Gasteiger partial charge in [0.15, 0.2) is 29.8 Å². The molecule has 7 rings (SSSR count). The average Bonchev–Trinajstić information content (AvgIpc) is 4.11. The Morgan fingerprint density at radius 3 is 2.13 bits per heavy atom. The van der Waals surface area contributed by atoms with Gasteiger partial charge in [0.25, 0.3) is 11.8 Å². The summed E-state index contributed by atoms with van der Waals surface area (Å²) in [5.41, 5.74) is -0.756. The number of fused-ring (bicyclic) bond motifs is 2. The first-order valence-electron chi connectivity index (χ1n) is 24.5. The number of aromatic nitrogens is 3. The van der Waals surface area contributed by atoms with Crippen LogP contribution < -0.4 is 49.2 Å². The van der Waals surface area contributed by atoms with E-state index >= 15 is 0 Å². The van der Waals surface area contributed by atoms with E-state index in [4.69, 9.17) is 33.9 Å². The largest absolute Gasteiger partial charge is 1.00 e. The summed E-state index contributed by atoms with van der Waals surface area (Å²) in [6.45, 7) is 18.9. The SMILES string of the molecule is COc1ccc(COC(=O)C2=C(C[n+]3ccc4c(ccn4Cc4ccc(C(=N)NC(=O)OC(C)(C)C)cc4)c3)CS[C@@H]3[C@H](NC(=O)/C(=N\OC(C)(C)C(=O)OC(C)(C)C)c4csc(NC(=O)OC(C)(C)C)n4)C(=O)N23)cc1.[I-]. The standard InChI is InChI=1S/C54H63N9O12S2.HI/c1-51(2,3)72-47(67)54(10,11)75-60-39(37-30-77-48(56-37)59-50(69)74-53(7,8)9)43(64)57-40-44(65)63-41(46(66)71-28-32-15-19-36(70-12)20-16-32)35(29-76-45(40)63)27-61-23-22-38-34(26-61)21-24-62(38)25-31-13-17-33(18-14-31)42(55)58-49(68)73-52(4,5)6;/h13-24,26,30,40,45H,25,27-29H2,1-12H3,(H3-,55,56,57,58,59,64,68,69);1H/b60-39-;/t40-,45-;/m1./s1. The summed E-state index contributed by atoms with van der Waals surface area (Å²) in [4.78, 5) is 92.4. The van der Waals surface area contributed by atoms with Crippen molar-refractivity contribution in [1.29, 1.82) is 5.41 Å². The predicted octanol–water partition coefficient (Wildman–Crippen LogP) is 4.58. The number of thioether (sulfide) groups is 1. The highest BCUT2D eigenvalue weighted by Crippen LogP contribution is 2.41. The number of pyridine rings is 1. The Labute approximate surface area is 477 Å². The first-order valence-corrected chi connectivity index (χ1v) is 26.4. The second kappa shape index (κ2) is 24.3. The van der Waals surface area contributed by atoms with E-state index in [1.165, 1.54) is 35.9 Å². The summed E-state index contributed by atoms with van der Waals surface area (Å²) >= 11 is 2.32. The lowest BCUT2D eigenvalue weighted by Gasteiger charge is -2.49. The van der Waals surface area contributed by atoms with Gasteiger partial charge in [-0.3, -0.25) is 30.5 Å². The van der Waals surface area contributed by atoms with Crippen LogP contribution in [0.3, 0.4) is 0 Å². The maximum absolute atomic E-state index is 14.4. The van der Waals surface area contributed by atoms with E-state index in [0.29, 0.717) is 29.0 Å². The van der Waals surface area contributed by atoms with Crippen LogP contribution in [-0.2, 0) is 62.7 Å². The molecule has 5 heterocycles. The normalized spacial score (nSPS) is 15.7. The number of alkyl carbamates (subject to hydrolysis) is 1. The molecule has 2 atom stereocenters. The number of nitrogens with one attached hydrogen (secondary N) is 4. The molecule has 4 N–H and O–H groups in total. The number of rotatable bonds is 16. The molecule has 21 nitrogen and oxygen atoms in total. The highest BCUT2D eigenvalue weighted by Gasteiger charge is 2.55. The Morgan fingerprint density at radius 2 is 1.49 bits per heavy atom. The van der Waals surface area contributed by atoms with Crippen molar-refractivity contribution in [1.82, 2.24) is 25.1 Å². The molecule has 2 aliphatic rings. The van der Waals surface area contributed by atoms with Crippen molar-refractivity contribution < 1.29 is 85.8 Å². The van der Waals surface area contributed by atoms with Crippen molar-refractivity contribution in [2.45, 2.75) is 130 Å². The van der Waals surface area contributed by atoms with E-state index < -0.39 is 75.5 Å². The molecular formula is C54H64IN9O12S2. The molecule has 5 aromatic rings. The first-order chi connectivity index (χ1) is 36.1. The molecule has 24 heteroatoms. The number of benzene rings is 2. The third-order valence-electron chi connectivity index (χ3n) is 11.2. The number of oxime groups is 1. The third kappa shape index (κ3) is 15.6. The molecule has 0 unspecified atom stereocenters. The number of β-lactam (4-membered cyclic amide) rings is 1. The smallest absolute Gasteiger partial charge is 0.413 e. The summed E-state index contributed by atoms with van der Waals surface area (Å²) < 4.78 is 31.3. The van der Waals surface area contributed by atoms with Crippen LogP contribution in [0.25, 0.3) is 10.9 Å². The Morgan fingerprint density at radius 1 is 0.846 bits per heavy atom. The molecule has 1 fully saturated rings. The van der Waals surface area contributed by atoms with Gasteiger partial charge in [-0.1, -0.05) is 41.6 Å². The number of thiazole rings is 1. The van der Waals surface area contributed by atoms with Gasteiger partial charge in [-0.15, -0.1) is 23.1 Å². The number of esters is 2. The summed E-state index contributed by atoms with van der Waals surface area (Å²) in [5.74, 6) is -2.15. The van der Waals surface area contributed by atoms with E-state index in [1.807, 2.05) is 47.4 Å². The van der Waals surface area contributed by atoms with E-state index in [2.05, 4.69) is 30.7 Å². The number of hydrogen-bond acceptors (Lipinski definition) is 17. The second-order valence-corrected chi connectivity index (χ2v) is 23.5. The van der Waals surface area contributed by atoms with Gasteiger partial charge in [0.1, 0.15) is 57.8 Å². The molecule has 0 saturated carbocycles. The minimum Gasteiger partial charge on any atom is -1.00 e. The van der Waals surface area contributed by atoms with Crippen molar-refractivity contribution in [3.8, 4) is 5.75 Å². The van der Waals surface area contributed by atoms with Crippen molar-refractivity contribution >= 4 is 86.6 Å². The molecule has 0 radical (unpaired) electrons. The number of amides is 4. The lowest BCUT2D eigenvalue weighted by molar-refractivity contribution is -0.687. The van der Waals surface area contributed by atoms with Crippen LogP contribution in [0.15, 0.2) is 101 Å². The van der Waals surface area contributed by atoms with E-state index in [0.717, 1.165) is 27.8 Å². The van der Waals surface area contributed by atoms with E-state index in [1.54, 1.807) is 106 Å². The lowest BCUT2D eigenvalue weighted by Crippen LogP contribution is -3.00. The van der Waals surface area contributed by atoms with Crippen LogP contribution in [0.1, 0.15) is 98.5 Å². The molecule has 0 bridgehead atoms. The molecule has 2 aromatic carbocycles. The zero-order valence-corrected chi connectivity index (χ0v) is 49.2. The Hall–Kier alpha value is -7.06. The summed E-state index contributed by atoms with van der Waals surface area (Å²) in [5, 5.41) is 21.9. The fourth-order valence-corrected chi connectivity index (χ4v) is 9.69. The van der Waals surface area contributed by atoms with Crippen LogP contribution in [0.4, 0.5) is 14.7 Å². The average molecular weight is 1220 g/mol. The second-order valence-electron chi connectivity index (χ2n) is 21.5. The monoisotopic (exact) mass is 1220 g/mol. The van der Waals surface area contributed by atoms with E-state index in [-0.39, 0.29) is 65.2 Å². The molecule has 3 aromatic heterocycles. The number of ether oxygens (including phenoxy) is 5. The number of anilines is 1. The maximum atomic E-state index is 14.4. The first kappa shape index (κ1) is 60.2. The summed E-state index contributed by atoms with van der Waals surface area (Å²) in [6.07, 6.45) is 4.31. The number of halogens is 1. The minimum atomic E-state index is -1.69. The molecule has 78 heavy (non-hydrogen) atoms. The third-order valence-corrected chi connectivity index (χ3v) is 13.3. The van der Waals surface area contributed by atoms with Crippen LogP contribution in [0.2, 0.25) is 0 Å². The zero-order chi connectivity index (χ0) is 56.2. The maximum Gasteiger partial charge on any atom is 0.413 e. The van der Waals surface area contributed by atoms with Gasteiger partial charge in [0, 0.05) is 41.1 Å². The molecule has 416 valence electrons. The highest BCUT2D eigenvalue weighted by molar-refractivity contribution is 8.00. The van der Waals surface area contributed by atoms with Crippen LogP contribution >= 0.6 is 23.1 Å². The number of carbonyl (C=O) groups is 6. The van der Waals surface area contributed by atoms with Gasteiger partial charge in [-0.05, 0) is 105 Å². The number of hydrogen-bond donors (Lipinski definition) is 4. The quantitative estimate of drug-likeness (QED) is 0.0154. The Balaban J connectivity index is 0.00000984. The Kier molecular flexibility index (Phi) is 18.8. The summed E-state index contributed by atoms with van der Waals surface area (Å²) in [7, 11) is 1.55. The molecule has 0 aliphatic carbocycles. The molecule has 1 saturated heterocycles. The fourth-order valence-electron chi connectivity index (χ4n) is 7.67. The van der Waals surface area contributed by atoms with Gasteiger partial charge >= 0.3 is 24.1 Å². The van der Waals surface area contributed by atoms with Crippen molar-refractivity contribution in [2.75, 3.05) is 18.2 Å². The predicted molar refractivity (Wildman–Crippen MR) is 288 cm³/mol. The number of methoxy groups -OCH3 is 1. The lowest BCUT2D eigenvalue weighted by atomic mass is 10.0. The summed E-state index contributed by atoms with van der Waals surface area (Å²) in [6, 6.07) is 17.1.